The summed E-state index contributed by atoms with van der Waals surface area (Å²) < 4.78 is 5.55. The quantitative estimate of drug-likeness (QED) is 0.420. The van der Waals surface area contributed by atoms with Gasteiger partial charge in [0.1, 0.15) is 11.4 Å². The average Bonchev–Trinajstić information content (AvgIpc) is 3.02. The van der Waals surface area contributed by atoms with Gasteiger partial charge in [-0.3, -0.25) is 14.5 Å². The number of piperidine rings is 1. The maximum Gasteiger partial charge on any atom is 0.277 e. The van der Waals surface area contributed by atoms with Crippen LogP contribution in [-0.2, 0) is 9.59 Å². The molecule has 3 rings (SSSR count). The van der Waals surface area contributed by atoms with Crippen LogP contribution in [0.4, 0.5) is 0 Å². The number of carbonyl (C=O) groups is 2. The van der Waals surface area contributed by atoms with Crippen LogP contribution in [0, 0.1) is 0 Å². The van der Waals surface area contributed by atoms with Gasteiger partial charge in [-0.15, -0.1) is 0 Å². The Morgan fingerprint density at radius 2 is 1.68 bits per heavy atom. The molecule has 1 saturated heterocycles. The smallest absolute Gasteiger partial charge is 0.277 e. The molecular formula is C25H37N3O3. The maximum absolute atomic E-state index is 13.5. The first-order chi connectivity index (χ1) is 15.0. The lowest BCUT2D eigenvalue weighted by Crippen LogP contribution is -2.43. The van der Waals surface area contributed by atoms with Crippen LogP contribution in [0.3, 0.4) is 0 Å². The van der Waals surface area contributed by atoms with E-state index in [1.54, 1.807) is 0 Å². The van der Waals surface area contributed by atoms with E-state index in [-0.39, 0.29) is 17.9 Å². The number of likely N-dealkylation sites (N-methyl/N-ethyl adjacent to an activating group) is 1. The van der Waals surface area contributed by atoms with E-state index in [0.29, 0.717) is 24.4 Å². The fourth-order valence-corrected chi connectivity index (χ4v) is 4.50. The van der Waals surface area contributed by atoms with Gasteiger partial charge < -0.3 is 14.5 Å². The van der Waals surface area contributed by atoms with Crippen LogP contribution in [0.25, 0.3) is 5.57 Å². The fourth-order valence-electron chi connectivity index (χ4n) is 4.50. The van der Waals surface area contributed by atoms with E-state index in [0.717, 1.165) is 62.9 Å². The SMILES string of the molecule is CCCCCCN1C(=O)C(c2ccc(OCC)cc2)=C(N(C)C2CCN(C)CC2)C1=O. The third-order valence-electron chi connectivity index (χ3n) is 6.42. The Morgan fingerprint density at radius 1 is 1.00 bits per heavy atom. The normalized spacial score (nSPS) is 18.3. The van der Waals surface area contributed by atoms with Crippen LogP contribution in [0.5, 0.6) is 5.75 Å². The van der Waals surface area contributed by atoms with Gasteiger partial charge in [0.05, 0.1) is 12.2 Å². The Hall–Kier alpha value is -2.34. The molecule has 6 nitrogen and oxygen atoms in total. The number of imide groups is 1. The van der Waals surface area contributed by atoms with Crippen molar-refractivity contribution in [1.29, 1.82) is 0 Å². The number of ether oxygens (including phenoxy) is 1. The van der Waals surface area contributed by atoms with Gasteiger partial charge in [-0.1, -0.05) is 38.3 Å². The molecule has 0 unspecified atom stereocenters. The van der Waals surface area contributed by atoms with Crippen molar-refractivity contribution in [2.75, 3.05) is 40.3 Å². The number of hydrogen-bond donors (Lipinski definition) is 0. The molecule has 0 aliphatic carbocycles. The van der Waals surface area contributed by atoms with Crippen LogP contribution in [0.2, 0.25) is 0 Å². The molecule has 0 spiro atoms. The van der Waals surface area contributed by atoms with Crippen LogP contribution in [0.1, 0.15) is 57.9 Å². The number of amides is 2. The molecule has 0 atom stereocenters. The molecule has 0 saturated carbocycles. The monoisotopic (exact) mass is 427 g/mol. The molecule has 0 aromatic heterocycles. The lowest BCUT2D eigenvalue weighted by Gasteiger charge is -2.36. The predicted molar refractivity (Wildman–Crippen MR) is 124 cm³/mol. The van der Waals surface area contributed by atoms with Crippen molar-refractivity contribution < 1.29 is 14.3 Å². The minimum Gasteiger partial charge on any atom is -0.494 e. The van der Waals surface area contributed by atoms with Gasteiger partial charge in [0.15, 0.2) is 0 Å². The second kappa shape index (κ2) is 10.8. The Bertz CT molecular complexity index is 795. The molecule has 1 fully saturated rings. The lowest BCUT2D eigenvalue weighted by atomic mass is 10.00. The van der Waals surface area contributed by atoms with Crippen molar-refractivity contribution in [2.45, 2.75) is 58.4 Å². The fraction of sp³-hybridized carbons (Fsp3) is 0.600. The standard InChI is InChI=1S/C25H37N3O3/c1-5-7-8-9-16-28-24(29)22(19-10-12-21(13-11-19)31-6-2)23(25(28)30)27(4)20-14-17-26(3)18-15-20/h10-13,20H,5-9,14-18H2,1-4H3. The summed E-state index contributed by atoms with van der Waals surface area (Å²) in [4.78, 5) is 32.7. The van der Waals surface area contributed by atoms with E-state index in [9.17, 15) is 9.59 Å². The van der Waals surface area contributed by atoms with Crippen molar-refractivity contribution >= 4 is 17.4 Å². The number of nitrogens with zero attached hydrogens (tertiary/aromatic N) is 3. The topological polar surface area (TPSA) is 53.1 Å². The van der Waals surface area contributed by atoms with Gasteiger partial charge in [-0.2, -0.15) is 0 Å². The van der Waals surface area contributed by atoms with Crippen molar-refractivity contribution in [3.63, 3.8) is 0 Å². The Morgan fingerprint density at radius 3 is 2.29 bits per heavy atom. The van der Waals surface area contributed by atoms with Crippen LogP contribution in [-0.4, -0.2) is 72.9 Å². The van der Waals surface area contributed by atoms with Gasteiger partial charge in [-0.25, -0.2) is 0 Å². The van der Waals surface area contributed by atoms with Crippen molar-refractivity contribution in [2.24, 2.45) is 0 Å². The van der Waals surface area contributed by atoms with Gasteiger partial charge in [0, 0.05) is 19.6 Å². The first kappa shape index (κ1) is 23.3. The molecule has 6 heteroatoms. The van der Waals surface area contributed by atoms with Crippen molar-refractivity contribution in [3.8, 4) is 5.75 Å². The summed E-state index contributed by atoms with van der Waals surface area (Å²) >= 11 is 0. The zero-order chi connectivity index (χ0) is 22.4. The van der Waals surface area contributed by atoms with Crippen LogP contribution < -0.4 is 4.74 Å². The first-order valence-corrected chi connectivity index (χ1v) is 11.7. The van der Waals surface area contributed by atoms with E-state index < -0.39 is 0 Å². The van der Waals surface area contributed by atoms with E-state index in [1.165, 1.54) is 4.90 Å². The van der Waals surface area contributed by atoms with Gasteiger partial charge in [-0.05, 0) is 64.0 Å². The highest BCUT2D eigenvalue weighted by molar-refractivity contribution is 6.35. The largest absolute Gasteiger partial charge is 0.494 e. The third-order valence-corrected chi connectivity index (χ3v) is 6.42. The zero-order valence-corrected chi connectivity index (χ0v) is 19.5. The average molecular weight is 428 g/mol. The summed E-state index contributed by atoms with van der Waals surface area (Å²) in [5.41, 5.74) is 1.87. The second-order valence-electron chi connectivity index (χ2n) is 8.65. The molecule has 0 bridgehead atoms. The number of likely N-dealkylation sites (tertiary alicyclic amines) is 1. The number of carbonyl (C=O) groups excluding carboxylic acids is 2. The summed E-state index contributed by atoms with van der Waals surface area (Å²) in [5, 5.41) is 0. The molecule has 2 aliphatic heterocycles. The summed E-state index contributed by atoms with van der Waals surface area (Å²) in [5.74, 6) is 0.456. The Labute approximate surface area is 186 Å². The molecule has 1 aromatic rings. The molecule has 1 aromatic carbocycles. The first-order valence-electron chi connectivity index (χ1n) is 11.7. The molecule has 2 amide bonds. The molecule has 0 N–H and O–H groups in total. The zero-order valence-electron chi connectivity index (χ0n) is 19.5. The third kappa shape index (κ3) is 5.29. The molecule has 31 heavy (non-hydrogen) atoms. The highest BCUT2D eigenvalue weighted by atomic mass is 16.5. The second-order valence-corrected chi connectivity index (χ2v) is 8.65. The molecular weight excluding hydrogens is 390 g/mol. The minimum absolute atomic E-state index is 0.146. The number of rotatable bonds is 10. The van der Waals surface area contributed by atoms with Gasteiger partial charge in [0.2, 0.25) is 0 Å². The molecule has 2 aliphatic rings. The van der Waals surface area contributed by atoms with Gasteiger partial charge in [0.25, 0.3) is 11.8 Å². The number of benzene rings is 1. The van der Waals surface area contributed by atoms with Crippen molar-refractivity contribution in [3.05, 3.63) is 35.5 Å². The Kier molecular flexibility index (Phi) is 8.13. The number of hydrogen-bond acceptors (Lipinski definition) is 5. The lowest BCUT2D eigenvalue weighted by molar-refractivity contribution is -0.137. The highest BCUT2D eigenvalue weighted by Crippen LogP contribution is 2.34. The van der Waals surface area contributed by atoms with Crippen LogP contribution in [0.15, 0.2) is 30.0 Å². The summed E-state index contributed by atoms with van der Waals surface area (Å²) in [7, 11) is 4.11. The minimum atomic E-state index is -0.166. The van der Waals surface area contributed by atoms with E-state index in [4.69, 9.17) is 4.74 Å². The summed E-state index contributed by atoms with van der Waals surface area (Å²) in [6.45, 7) is 7.19. The van der Waals surface area contributed by atoms with E-state index in [1.807, 2.05) is 38.2 Å². The van der Waals surface area contributed by atoms with Crippen molar-refractivity contribution in [1.82, 2.24) is 14.7 Å². The Balaban J connectivity index is 1.90. The summed E-state index contributed by atoms with van der Waals surface area (Å²) in [6.07, 6.45) is 6.12. The maximum atomic E-state index is 13.5. The summed E-state index contributed by atoms with van der Waals surface area (Å²) in [6, 6.07) is 7.81. The predicted octanol–water partition coefficient (Wildman–Crippen LogP) is 3.77. The van der Waals surface area contributed by atoms with E-state index in [2.05, 4.69) is 23.8 Å². The molecule has 170 valence electrons. The molecule has 0 radical (unpaired) electrons. The molecule has 2 heterocycles. The van der Waals surface area contributed by atoms with E-state index >= 15 is 0 Å². The van der Waals surface area contributed by atoms with Gasteiger partial charge >= 0.3 is 0 Å². The highest BCUT2D eigenvalue weighted by Gasteiger charge is 2.42. The van der Waals surface area contributed by atoms with Crippen LogP contribution >= 0.6 is 0 Å². The number of unbranched alkanes of at least 4 members (excludes halogenated alkanes) is 3.